The Kier molecular flexibility index (Phi) is 8.20. The van der Waals surface area contributed by atoms with Crippen molar-refractivity contribution < 1.29 is 9.53 Å². The average Bonchev–Trinajstić information content (AvgIpc) is 3.30. The summed E-state index contributed by atoms with van der Waals surface area (Å²) in [4.78, 5) is 27.0. The molecule has 1 aromatic carbocycles. The van der Waals surface area contributed by atoms with Gasteiger partial charge in [-0.2, -0.15) is 5.26 Å². The van der Waals surface area contributed by atoms with Crippen LogP contribution >= 0.6 is 11.6 Å². The predicted molar refractivity (Wildman–Crippen MR) is 163 cm³/mol. The molecule has 2 aromatic heterocycles. The first-order valence-corrected chi connectivity index (χ1v) is 15.2. The molecule has 218 valence electrons. The number of nitrogens with zero attached hydrogens (tertiary/aromatic N) is 6. The molecule has 3 heterocycles. The summed E-state index contributed by atoms with van der Waals surface area (Å²) >= 11 is 6.42. The summed E-state index contributed by atoms with van der Waals surface area (Å²) in [6.07, 6.45) is 4.49. The second-order valence-electron chi connectivity index (χ2n) is 12.9. The highest BCUT2D eigenvalue weighted by atomic mass is 35.5. The second-order valence-corrected chi connectivity index (χ2v) is 13.3. The van der Waals surface area contributed by atoms with Crippen molar-refractivity contribution in [3.8, 4) is 17.3 Å². The number of aromatic nitrogens is 3. The van der Waals surface area contributed by atoms with Gasteiger partial charge < -0.3 is 19.1 Å². The van der Waals surface area contributed by atoms with Crippen molar-refractivity contribution in [2.45, 2.75) is 84.9 Å². The van der Waals surface area contributed by atoms with E-state index in [1.807, 2.05) is 45.0 Å². The number of nitriles is 1. The molecular formula is C32H41ClN6O2. The Hall–Kier alpha value is -3.31. The molecule has 1 saturated carbocycles. The van der Waals surface area contributed by atoms with E-state index in [4.69, 9.17) is 26.3 Å². The highest BCUT2D eigenvalue weighted by Crippen LogP contribution is 2.42. The van der Waals surface area contributed by atoms with Crippen LogP contribution in [0.1, 0.15) is 79.0 Å². The lowest BCUT2D eigenvalue weighted by molar-refractivity contribution is 0.0217. The molecule has 8 nitrogen and oxygen atoms in total. The molecule has 1 amide bonds. The Labute approximate surface area is 248 Å². The third-order valence-electron chi connectivity index (χ3n) is 8.55. The SMILES string of the molecule is CC([C@H]1CC[C@H](C)CC1)n1c(N2CCN(C(=O)OC(C)(C)C)C[C@H]2C)nc2cc(C#N)nc(-c3cccc(Cl)c3)c21. The van der Waals surface area contributed by atoms with Crippen molar-refractivity contribution in [3.05, 3.63) is 41.0 Å². The Bertz CT molecular complexity index is 1460. The zero-order valence-electron chi connectivity index (χ0n) is 25.0. The first kappa shape index (κ1) is 29.2. The highest BCUT2D eigenvalue weighted by molar-refractivity contribution is 6.30. The van der Waals surface area contributed by atoms with Crippen LogP contribution in [0, 0.1) is 23.2 Å². The lowest BCUT2D eigenvalue weighted by Crippen LogP contribution is -2.55. The molecule has 3 aromatic rings. The van der Waals surface area contributed by atoms with Crippen LogP contribution in [0.3, 0.4) is 0 Å². The largest absolute Gasteiger partial charge is 0.444 e. The first-order valence-electron chi connectivity index (χ1n) is 14.8. The van der Waals surface area contributed by atoms with Gasteiger partial charge in [-0.1, -0.05) is 43.5 Å². The molecule has 0 radical (unpaired) electrons. The Morgan fingerprint density at radius 2 is 1.85 bits per heavy atom. The van der Waals surface area contributed by atoms with Crippen LogP contribution in [0.5, 0.6) is 0 Å². The lowest BCUT2D eigenvalue weighted by atomic mass is 9.79. The Morgan fingerprint density at radius 1 is 1.12 bits per heavy atom. The van der Waals surface area contributed by atoms with Crippen molar-refractivity contribution in [3.63, 3.8) is 0 Å². The zero-order valence-corrected chi connectivity index (χ0v) is 25.8. The van der Waals surface area contributed by atoms with Crippen molar-refractivity contribution >= 4 is 34.7 Å². The molecule has 1 aliphatic carbocycles. The number of hydrogen-bond donors (Lipinski definition) is 0. The number of ether oxygens (including phenoxy) is 1. The summed E-state index contributed by atoms with van der Waals surface area (Å²) in [5.74, 6) is 2.12. The second kappa shape index (κ2) is 11.5. The van der Waals surface area contributed by atoms with Gasteiger partial charge in [0.25, 0.3) is 0 Å². The number of rotatable bonds is 4. The van der Waals surface area contributed by atoms with E-state index in [1.54, 1.807) is 11.0 Å². The lowest BCUT2D eigenvalue weighted by Gasteiger charge is -2.42. The minimum atomic E-state index is -0.541. The maximum atomic E-state index is 12.9. The number of carbonyl (C=O) groups excluding carboxylic acids is 1. The van der Waals surface area contributed by atoms with Crippen molar-refractivity contribution in [2.24, 2.45) is 11.8 Å². The van der Waals surface area contributed by atoms with Gasteiger partial charge in [-0.3, -0.25) is 0 Å². The number of imidazole rings is 1. The Balaban J connectivity index is 1.62. The molecule has 1 unspecified atom stereocenters. The van der Waals surface area contributed by atoms with Crippen LogP contribution in [0.25, 0.3) is 22.3 Å². The quantitative estimate of drug-likeness (QED) is 0.320. The minimum Gasteiger partial charge on any atom is -0.444 e. The summed E-state index contributed by atoms with van der Waals surface area (Å²) in [5.41, 5.74) is 3.04. The van der Waals surface area contributed by atoms with Gasteiger partial charge in [0.1, 0.15) is 17.4 Å². The van der Waals surface area contributed by atoms with Gasteiger partial charge >= 0.3 is 6.09 Å². The molecule has 2 atom stereocenters. The van der Waals surface area contributed by atoms with Crippen LogP contribution in [0.15, 0.2) is 30.3 Å². The number of carbonyl (C=O) groups is 1. The number of anilines is 1. The molecule has 2 aliphatic rings. The summed E-state index contributed by atoms with van der Waals surface area (Å²) in [6, 6.07) is 11.9. The monoisotopic (exact) mass is 576 g/mol. The number of piperazine rings is 1. The van der Waals surface area contributed by atoms with E-state index in [0.717, 1.165) is 34.2 Å². The fourth-order valence-corrected chi connectivity index (χ4v) is 6.51. The topological polar surface area (TPSA) is 87.3 Å². The van der Waals surface area contributed by atoms with Crippen molar-refractivity contribution in [1.29, 1.82) is 5.26 Å². The summed E-state index contributed by atoms with van der Waals surface area (Å²) in [7, 11) is 0. The van der Waals surface area contributed by atoms with E-state index in [2.05, 4.69) is 36.3 Å². The van der Waals surface area contributed by atoms with E-state index in [-0.39, 0.29) is 18.2 Å². The van der Waals surface area contributed by atoms with Gasteiger partial charge in [0.05, 0.1) is 16.7 Å². The number of fused-ring (bicyclic) bond motifs is 1. The highest BCUT2D eigenvalue weighted by Gasteiger charge is 2.35. The fourth-order valence-electron chi connectivity index (χ4n) is 6.32. The number of halogens is 1. The van der Waals surface area contributed by atoms with Gasteiger partial charge in [-0.05, 0) is 71.4 Å². The molecule has 0 bridgehead atoms. The molecule has 1 saturated heterocycles. The van der Waals surface area contributed by atoms with Crippen LogP contribution in [-0.2, 0) is 4.74 Å². The fraction of sp³-hybridized carbons (Fsp3) is 0.562. The molecule has 5 rings (SSSR count). The van der Waals surface area contributed by atoms with E-state index < -0.39 is 5.60 Å². The van der Waals surface area contributed by atoms with Crippen LogP contribution in [-0.4, -0.2) is 56.8 Å². The van der Waals surface area contributed by atoms with Gasteiger partial charge in [-0.15, -0.1) is 0 Å². The van der Waals surface area contributed by atoms with E-state index >= 15 is 0 Å². The van der Waals surface area contributed by atoms with Crippen LogP contribution in [0.4, 0.5) is 10.7 Å². The molecule has 1 aliphatic heterocycles. The summed E-state index contributed by atoms with van der Waals surface area (Å²) in [5, 5.41) is 10.5. The molecule has 0 N–H and O–H groups in total. The van der Waals surface area contributed by atoms with E-state index in [9.17, 15) is 10.1 Å². The summed E-state index contributed by atoms with van der Waals surface area (Å²) < 4.78 is 8.02. The number of pyridine rings is 1. The van der Waals surface area contributed by atoms with Crippen molar-refractivity contribution in [1.82, 2.24) is 19.4 Å². The smallest absolute Gasteiger partial charge is 0.410 e. The third kappa shape index (κ3) is 6.16. The molecular weight excluding hydrogens is 536 g/mol. The van der Waals surface area contributed by atoms with E-state index in [1.165, 1.54) is 25.7 Å². The molecule has 0 spiro atoms. The minimum absolute atomic E-state index is 0.0171. The van der Waals surface area contributed by atoms with E-state index in [0.29, 0.717) is 36.3 Å². The summed E-state index contributed by atoms with van der Waals surface area (Å²) in [6.45, 7) is 14.1. The molecule has 41 heavy (non-hydrogen) atoms. The Morgan fingerprint density at radius 3 is 2.49 bits per heavy atom. The maximum absolute atomic E-state index is 12.9. The van der Waals surface area contributed by atoms with Crippen molar-refractivity contribution in [2.75, 3.05) is 24.5 Å². The van der Waals surface area contributed by atoms with Gasteiger partial charge in [0.2, 0.25) is 5.95 Å². The average molecular weight is 577 g/mol. The normalized spacial score (nSPS) is 22.4. The predicted octanol–water partition coefficient (Wildman–Crippen LogP) is 7.46. The van der Waals surface area contributed by atoms with Crippen LogP contribution in [0.2, 0.25) is 5.02 Å². The maximum Gasteiger partial charge on any atom is 0.410 e. The first-order chi connectivity index (χ1) is 19.4. The van der Waals surface area contributed by atoms with Gasteiger partial charge in [0.15, 0.2) is 0 Å². The molecule has 2 fully saturated rings. The van der Waals surface area contributed by atoms with Crippen LogP contribution < -0.4 is 4.90 Å². The van der Waals surface area contributed by atoms with Gasteiger partial charge in [-0.25, -0.2) is 14.8 Å². The number of amides is 1. The molecule has 9 heteroatoms. The number of hydrogen-bond acceptors (Lipinski definition) is 6. The number of benzene rings is 1. The zero-order chi connectivity index (χ0) is 29.5. The third-order valence-corrected chi connectivity index (χ3v) is 8.78. The standard InChI is InChI=1S/C32H41ClN6O2/c1-20-10-12-23(13-11-20)22(3)39-29-27(17-26(18-34)35-28(29)24-8-7-9-25(33)16-24)36-30(39)38-15-14-37(19-21(38)2)31(40)41-32(4,5)6/h7-9,16-17,20-23H,10-15,19H2,1-6H3/t20-,21-,22?,23-/m1/s1. The van der Waals surface area contributed by atoms with Gasteiger partial charge in [0, 0.05) is 48.4 Å².